The zero-order chi connectivity index (χ0) is 26.7. The van der Waals surface area contributed by atoms with Crippen LogP contribution in [0.5, 0.6) is 0 Å². The first-order chi connectivity index (χ1) is 20.3. The molecule has 9 aromatic rings. The summed E-state index contributed by atoms with van der Waals surface area (Å²) in [5.74, 6) is 1.52. The molecule has 0 aliphatic heterocycles. The SMILES string of the molecule is c1ccc(-c2nc3c(o2)-c2ccc(-n4c5ccccc5c5c6c(ccc54)sc4ccccc46)c4cccc-3c24)cc1. The molecule has 0 saturated carbocycles. The molecule has 6 aromatic carbocycles. The van der Waals surface area contributed by atoms with Crippen LogP contribution in [0.15, 0.2) is 126 Å². The molecule has 3 heterocycles. The molecule has 0 atom stereocenters. The summed E-state index contributed by atoms with van der Waals surface area (Å²) < 4.78 is 11.5. The van der Waals surface area contributed by atoms with Crippen molar-refractivity contribution in [1.82, 2.24) is 9.55 Å². The third-order valence-corrected chi connectivity index (χ3v) is 9.72. The number of thiophene rings is 1. The van der Waals surface area contributed by atoms with Crippen LogP contribution in [0.1, 0.15) is 0 Å². The Kier molecular flexibility index (Phi) is 4.07. The summed E-state index contributed by atoms with van der Waals surface area (Å²) >= 11 is 1.87. The quantitative estimate of drug-likeness (QED) is 0.218. The van der Waals surface area contributed by atoms with Crippen LogP contribution in [0, 0.1) is 0 Å². The molecule has 1 aliphatic carbocycles. The van der Waals surface area contributed by atoms with E-state index in [9.17, 15) is 0 Å². The zero-order valence-electron chi connectivity index (χ0n) is 21.8. The van der Waals surface area contributed by atoms with Gasteiger partial charge < -0.3 is 8.98 Å². The molecule has 10 rings (SSSR count). The van der Waals surface area contributed by atoms with E-state index < -0.39 is 0 Å². The van der Waals surface area contributed by atoms with Gasteiger partial charge in [-0.25, -0.2) is 4.98 Å². The maximum absolute atomic E-state index is 6.42. The highest BCUT2D eigenvalue weighted by molar-refractivity contribution is 7.26. The van der Waals surface area contributed by atoms with Gasteiger partial charge in [0.15, 0.2) is 5.76 Å². The highest BCUT2D eigenvalue weighted by Crippen LogP contribution is 2.51. The predicted molar refractivity (Wildman–Crippen MR) is 171 cm³/mol. The minimum atomic E-state index is 0.664. The van der Waals surface area contributed by atoms with Crippen LogP contribution in [0.3, 0.4) is 0 Å². The molecule has 3 nitrogen and oxygen atoms in total. The van der Waals surface area contributed by atoms with E-state index in [1.165, 1.54) is 58.4 Å². The van der Waals surface area contributed by atoms with Crippen LogP contribution in [0.4, 0.5) is 0 Å². The van der Waals surface area contributed by atoms with Gasteiger partial charge in [-0.2, -0.15) is 0 Å². The van der Waals surface area contributed by atoms with Crippen molar-refractivity contribution in [1.29, 1.82) is 0 Å². The van der Waals surface area contributed by atoms with Crippen molar-refractivity contribution in [3.8, 4) is 39.7 Å². The van der Waals surface area contributed by atoms with Crippen LogP contribution in [-0.2, 0) is 0 Å². The van der Waals surface area contributed by atoms with Gasteiger partial charge in [-0.15, -0.1) is 11.3 Å². The Morgan fingerprint density at radius 2 is 1.34 bits per heavy atom. The summed E-state index contributed by atoms with van der Waals surface area (Å²) in [4.78, 5) is 4.98. The lowest BCUT2D eigenvalue weighted by Crippen LogP contribution is -1.95. The first kappa shape index (κ1) is 21.6. The molecule has 1 aliphatic rings. The largest absolute Gasteiger partial charge is 0.435 e. The van der Waals surface area contributed by atoms with Crippen LogP contribution in [0.2, 0.25) is 0 Å². The molecule has 3 aromatic heterocycles. The van der Waals surface area contributed by atoms with Crippen LogP contribution < -0.4 is 0 Å². The number of nitrogens with zero attached hydrogens (tertiary/aromatic N) is 2. The minimum absolute atomic E-state index is 0.664. The lowest BCUT2D eigenvalue weighted by molar-refractivity contribution is 0.590. The molecule has 190 valence electrons. The second-order valence-electron chi connectivity index (χ2n) is 10.7. The highest BCUT2D eigenvalue weighted by Gasteiger charge is 2.29. The summed E-state index contributed by atoms with van der Waals surface area (Å²) in [6, 6.07) is 43.3. The number of rotatable bonds is 2. The maximum atomic E-state index is 6.42. The number of para-hydroxylation sites is 1. The smallest absolute Gasteiger partial charge is 0.227 e. The molecule has 41 heavy (non-hydrogen) atoms. The third kappa shape index (κ3) is 2.75. The van der Waals surface area contributed by atoms with Crippen molar-refractivity contribution in [3.05, 3.63) is 121 Å². The fraction of sp³-hybridized carbons (Fsp3) is 0. The summed E-state index contributed by atoms with van der Waals surface area (Å²) in [6.07, 6.45) is 0. The molecule has 0 unspecified atom stereocenters. The van der Waals surface area contributed by atoms with Crippen molar-refractivity contribution in [2.45, 2.75) is 0 Å². The standard InChI is InChI=1S/C37H20N2OS/c1-2-9-21(10-3-1)37-38-35-25-14-8-13-22-28(18-17-26(32(22)25)36(35)40-37)39-27-15-6-4-11-23(27)33-29(39)19-20-31-34(33)24-12-5-7-16-30(24)41-31/h1-20H. The van der Waals surface area contributed by atoms with E-state index in [4.69, 9.17) is 9.40 Å². The highest BCUT2D eigenvalue weighted by atomic mass is 32.1. The van der Waals surface area contributed by atoms with Crippen molar-refractivity contribution in [2.75, 3.05) is 0 Å². The number of benzene rings is 6. The van der Waals surface area contributed by atoms with Gasteiger partial charge in [0.2, 0.25) is 5.89 Å². The third-order valence-electron chi connectivity index (χ3n) is 8.58. The second-order valence-corrected chi connectivity index (χ2v) is 11.8. The minimum Gasteiger partial charge on any atom is -0.435 e. The van der Waals surface area contributed by atoms with E-state index in [2.05, 4.69) is 95.6 Å². The lowest BCUT2D eigenvalue weighted by Gasteiger charge is -2.13. The van der Waals surface area contributed by atoms with Crippen LogP contribution in [0.25, 0.3) is 92.5 Å². The Balaban J connectivity index is 1.28. The summed E-state index contributed by atoms with van der Waals surface area (Å²) in [7, 11) is 0. The van der Waals surface area contributed by atoms with Gasteiger partial charge in [0.05, 0.1) is 16.7 Å². The fourth-order valence-corrected chi connectivity index (χ4v) is 8.01. The number of fused-ring (bicyclic) bond motifs is 10. The molecule has 0 amide bonds. The Morgan fingerprint density at radius 1 is 0.537 bits per heavy atom. The van der Waals surface area contributed by atoms with Crippen LogP contribution >= 0.6 is 11.3 Å². The van der Waals surface area contributed by atoms with Crippen molar-refractivity contribution >= 4 is 64.1 Å². The van der Waals surface area contributed by atoms with Gasteiger partial charge in [0, 0.05) is 58.4 Å². The Labute approximate surface area is 238 Å². The number of hydrogen-bond acceptors (Lipinski definition) is 3. The number of hydrogen-bond donors (Lipinski definition) is 0. The molecule has 4 heteroatoms. The van der Waals surface area contributed by atoms with E-state index in [1.807, 2.05) is 41.7 Å². The van der Waals surface area contributed by atoms with Crippen molar-refractivity contribution in [3.63, 3.8) is 0 Å². The molecule has 0 spiro atoms. The Morgan fingerprint density at radius 3 is 2.27 bits per heavy atom. The number of aromatic nitrogens is 2. The second kappa shape index (κ2) is 7.72. The van der Waals surface area contributed by atoms with Crippen molar-refractivity contribution in [2.24, 2.45) is 0 Å². The van der Waals surface area contributed by atoms with Gasteiger partial charge in [-0.1, -0.05) is 72.8 Å². The molecular weight excluding hydrogens is 520 g/mol. The Hall–Kier alpha value is -5.19. The summed E-state index contributed by atoms with van der Waals surface area (Å²) in [6.45, 7) is 0. The van der Waals surface area contributed by atoms with Gasteiger partial charge in [0.1, 0.15) is 5.69 Å². The average molecular weight is 541 g/mol. The Bertz CT molecular complexity index is 2500. The van der Waals surface area contributed by atoms with Gasteiger partial charge in [0.25, 0.3) is 0 Å². The molecule has 0 bridgehead atoms. The zero-order valence-corrected chi connectivity index (χ0v) is 22.6. The van der Waals surface area contributed by atoms with Gasteiger partial charge in [-0.3, -0.25) is 0 Å². The van der Waals surface area contributed by atoms with E-state index in [1.54, 1.807) is 0 Å². The molecule has 0 radical (unpaired) electrons. The molecular formula is C37H20N2OS. The van der Waals surface area contributed by atoms with E-state index >= 15 is 0 Å². The first-order valence-electron chi connectivity index (χ1n) is 13.8. The fourth-order valence-electron chi connectivity index (χ4n) is 6.90. The van der Waals surface area contributed by atoms with Gasteiger partial charge >= 0.3 is 0 Å². The number of oxazole rings is 1. The van der Waals surface area contributed by atoms with E-state index in [-0.39, 0.29) is 0 Å². The predicted octanol–water partition coefficient (Wildman–Crippen LogP) is 10.6. The average Bonchev–Trinajstić information content (AvgIpc) is 3.78. The van der Waals surface area contributed by atoms with Crippen molar-refractivity contribution < 1.29 is 4.42 Å². The van der Waals surface area contributed by atoms with Gasteiger partial charge in [-0.05, 0) is 48.5 Å². The first-order valence-corrected chi connectivity index (χ1v) is 14.6. The topological polar surface area (TPSA) is 31.0 Å². The van der Waals surface area contributed by atoms with Crippen LogP contribution in [-0.4, -0.2) is 9.55 Å². The van der Waals surface area contributed by atoms with E-state index in [0.29, 0.717) is 5.89 Å². The summed E-state index contributed by atoms with van der Waals surface area (Å²) in [5.41, 5.74) is 7.76. The normalized spacial score (nSPS) is 12.4. The maximum Gasteiger partial charge on any atom is 0.227 e. The lowest BCUT2D eigenvalue weighted by atomic mass is 10.0. The summed E-state index contributed by atoms with van der Waals surface area (Å²) in [5, 5.41) is 7.68. The monoisotopic (exact) mass is 540 g/mol. The molecule has 0 N–H and O–H groups in total. The van der Waals surface area contributed by atoms with E-state index in [0.717, 1.165) is 28.1 Å². The molecule has 0 saturated heterocycles. The molecule has 0 fully saturated rings.